The third kappa shape index (κ3) is 4.66. The molecule has 0 aliphatic heterocycles. The molecule has 0 atom stereocenters. The third-order valence-electron chi connectivity index (χ3n) is 3.85. The number of rotatable bonds is 6. The van der Waals surface area contributed by atoms with Crippen LogP contribution in [0.5, 0.6) is 5.75 Å². The second-order valence-corrected chi connectivity index (χ2v) is 7.51. The number of benzene rings is 3. The van der Waals surface area contributed by atoms with E-state index in [0.717, 1.165) is 0 Å². The van der Waals surface area contributed by atoms with Crippen LogP contribution in [0.1, 0.15) is 10.4 Å². The molecule has 3 rings (SSSR count). The summed E-state index contributed by atoms with van der Waals surface area (Å²) in [5, 5.41) is 2.63. The van der Waals surface area contributed by atoms with Gasteiger partial charge in [0.15, 0.2) is 0 Å². The van der Waals surface area contributed by atoms with E-state index in [9.17, 15) is 17.6 Å². The van der Waals surface area contributed by atoms with Crippen LogP contribution in [-0.2, 0) is 10.0 Å². The van der Waals surface area contributed by atoms with E-state index < -0.39 is 21.7 Å². The number of methoxy groups -OCH3 is 1. The van der Waals surface area contributed by atoms with Crippen molar-refractivity contribution < 1.29 is 22.3 Å². The van der Waals surface area contributed by atoms with Crippen LogP contribution in [0.4, 0.5) is 15.8 Å². The Bertz CT molecular complexity index is 1080. The van der Waals surface area contributed by atoms with E-state index in [0.29, 0.717) is 22.7 Å². The zero-order chi connectivity index (χ0) is 20.1. The second kappa shape index (κ2) is 8.10. The number of sulfonamides is 1. The minimum Gasteiger partial charge on any atom is -0.497 e. The van der Waals surface area contributed by atoms with E-state index in [1.54, 1.807) is 12.1 Å². The van der Waals surface area contributed by atoms with Crippen molar-refractivity contribution in [2.75, 3.05) is 17.1 Å². The second-order valence-electron chi connectivity index (χ2n) is 5.82. The predicted octanol–water partition coefficient (Wildman–Crippen LogP) is 3.89. The van der Waals surface area contributed by atoms with Crippen molar-refractivity contribution >= 4 is 27.3 Å². The van der Waals surface area contributed by atoms with Crippen LogP contribution in [0.3, 0.4) is 0 Å². The van der Waals surface area contributed by atoms with E-state index in [4.69, 9.17) is 4.74 Å². The standard InChI is InChI=1S/C20H17FN2O4S/c1-27-18-3-2-4-19(13-18)28(25,26)23-17-9-5-14(6-10-17)20(24)22-16-11-7-15(21)8-12-16/h2-13,23H,1H3,(H,22,24). The van der Waals surface area contributed by atoms with Gasteiger partial charge in [0, 0.05) is 23.0 Å². The Kier molecular flexibility index (Phi) is 5.60. The van der Waals surface area contributed by atoms with E-state index in [2.05, 4.69) is 10.0 Å². The highest BCUT2D eigenvalue weighted by molar-refractivity contribution is 7.92. The van der Waals surface area contributed by atoms with Gasteiger partial charge in [-0.15, -0.1) is 0 Å². The summed E-state index contributed by atoms with van der Waals surface area (Å²) in [5.74, 6) is -0.366. The molecule has 0 saturated heterocycles. The molecule has 0 spiro atoms. The molecule has 0 radical (unpaired) electrons. The first-order valence-corrected chi connectivity index (χ1v) is 9.69. The fourth-order valence-corrected chi connectivity index (χ4v) is 3.50. The number of nitrogens with one attached hydrogen (secondary N) is 2. The van der Waals surface area contributed by atoms with Crippen LogP contribution in [-0.4, -0.2) is 21.4 Å². The molecule has 0 saturated carbocycles. The summed E-state index contributed by atoms with van der Waals surface area (Å²) < 4.78 is 45.4. The number of carbonyl (C=O) groups is 1. The first kappa shape index (κ1) is 19.4. The maximum atomic E-state index is 12.9. The molecule has 0 bridgehead atoms. The van der Waals surface area contributed by atoms with E-state index >= 15 is 0 Å². The number of hydrogen-bond donors (Lipinski definition) is 2. The number of carbonyl (C=O) groups excluding carboxylic acids is 1. The molecule has 0 aliphatic rings. The predicted molar refractivity (Wildman–Crippen MR) is 105 cm³/mol. The molecule has 3 aromatic rings. The smallest absolute Gasteiger partial charge is 0.262 e. The van der Waals surface area contributed by atoms with Gasteiger partial charge in [-0.25, -0.2) is 12.8 Å². The topological polar surface area (TPSA) is 84.5 Å². The van der Waals surface area contributed by atoms with Crippen molar-refractivity contribution in [3.05, 3.63) is 84.2 Å². The quantitative estimate of drug-likeness (QED) is 0.658. The van der Waals surface area contributed by atoms with Crippen LogP contribution in [0.15, 0.2) is 77.7 Å². The number of halogens is 1. The van der Waals surface area contributed by atoms with Crippen molar-refractivity contribution in [2.45, 2.75) is 4.90 Å². The highest BCUT2D eigenvalue weighted by atomic mass is 32.2. The molecule has 6 nitrogen and oxygen atoms in total. The summed E-state index contributed by atoms with van der Waals surface area (Å²) >= 11 is 0. The Morgan fingerprint density at radius 1 is 0.929 bits per heavy atom. The van der Waals surface area contributed by atoms with Crippen molar-refractivity contribution in [2.24, 2.45) is 0 Å². The Morgan fingerprint density at radius 2 is 1.57 bits per heavy atom. The molecule has 0 heterocycles. The Balaban J connectivity index is 1.71. The number of hydrogen-bond acceptors (Lipinski definition) is 4. The molecule has 28 heavy (non-hydrogen) atoms. The zero-order valence-corrected chi connectivity index (χ0v) is 15.7. The van der Waals surface area contributed by atoms with Gasteiger partial charge in [-0.3, -0.25) is 9.52 Å². The monoisotopic (exact) mass is 400 g/mol. The molecule has 0 fully saturated rings. The fraction of sp³-hybridized carbons (Fsp3) is 0.0500. The Morgan fingerprint density at radius 3 is 2.21 bits per heavy atom. The maximum Gasteiger partial charge on any atom is 0.262 e. The molecule has 0 aromatic heterocycles. The minimum absolute atomic E-state index is 0.0602. The van der Waals surface area contributed by atoms with Crippen molar-refractivity contribution in [3.8, 4) is 5.75 Å². The van der Waals surface area contributed by atoms with Gasteiger partial charge in [-0.2, -0.15) is 0 Å². The van der Waals surface area contributed by atoms with Gasteiger partial charge in [0.05, 0.1) is 12.0 Å². The Hall–Kier alpha value is -3.39. The first-order chi connectivity index (χ1) is 13.4. The van der Waals surface area contributed by atoms with Crippen LogP contribution < -0.4 is 14.8 Å². The highest BCUT2D eigenvalue weighted by Crippen LogP contribution is 2.21. The van der Waals surface area contributed by atoms with E-state index in [-0.39, 0.29) is 4.90 Å². The van der Waals surface area contributed by atoms with Crippen LogP contribution in [0.25, 0.3) is 0 Å². The summed E-state index contributed by atoms with van der Waals surface area (Å²) in [6.45, 7) is 0. The average Bonchev–Trinajstić information content (AvgIpc) is 2.70. The van der Waals surface area contributed by atoms with Crippen LogP contribution in [0.2, 0.25) is 0 Å². The summed E-state index contributed by atoms with van der Waals surface area (Å²) in [7, 11) is -2.34. The molecule has 0 aliphatic carbocycles. The van der Waals surface area contributed by atoms with Crippen LogP contribution >= 0.6 is 0 Å². The van der Waals surface area contributed by atoms with Gasteiger partial charge in [-0.05, 0) is 60.7 Å². The van der Waals surface area contributed by atoms with Crippen molar-refractivity contribution in [3.63, 3.8) is 0 Å². The largest absolute Gasteiger partial charge is 0.497 e. The lowest BCUT2D eigenvalue weighted by atomic mass is 10.2. The van der Waals surface area contributed by atoms with Gasteiger partial charge in [0.25, 0.3) is 15.9 Å². The lowest BCUT2D eigenvalue weighted by Gasteiger charge is -2.10. The molecular formula is C20H17FN2O4S. The SMILES string of the molecule is COc1cccc(S(=O)(=O)Nc2ccc(C(=O)Nc3ccc(F)cc3)cc2)c1. The highest BCUT2D eigenvalue weighted by Gasteiger charge is 2.15. The van der Waals surface area contributed by atoms with E-state index in [1.807, 2.05) is 0 Å². The zero-order valence-electron chi connectivity index (χ0n) is 14.8. The summed E-state index contributed by atoms with van der Waals surface area (Å²) in [6.07, 6.45) is 0. The van der Waals surface area contributed by atoms with Crippen molar-refractivity contribution in [1.82, 2.24) is 0 Å². The fourth-order valence-electron chi connectivity index (χ4n) is 2.41. The lowest BCUT2D eigenvalue weighted by Crippen LogP contribution is -2.14. The number of amides is 1. The third-order valence-corrected chi connectivity index (χ3v) is 5.23. The molecule has 0 unspecified atom stereocenters. The molecule has 3 aromatic carbocycles. The van der Waals surface area contributed by atoms with Gasteiger partial charge >= 0.3 is 0 Å². The molecule has 144 valence electrons. The number of anilines is 2. The normalized spacial score (nSPS) is 10.9. The van der Waals surface area contributed by atoms with Crippen molar-refractivity contribution in [1.29, 1.82) is 0 Å². The first-order valence-electron chi connectivity index (χ1n) is 8.21. The summed E-state index contributed by atoms with van der Waals surface area (Å²) in [4.78, 5) is 12.3. The minimum atomic E-state index is -3.80. The molecule has 1 amide bonds. The lowest BCUT2D eigenvalue weighted by molar-refractivity contribution is 0.102. The maximum absolute atomic E-state index is 12.9. The van der Waals surface area contributed by atoms with E-state index in [1.165, 1.54) is 67.8 Å². The van der Waals surface area contributed by atoms with Gasteiger partial charge in [-0.1, -0.05) is 6.07 Å². The molecule has 8 heteroatoms. The molecule has 2 N–H and O–H groups in total. The Labute approximate surface area is 162 Å². The van der Waals surface area contributed by atoms with Gasteiger partial charge in [0.2, 0.25) is 0 Å². The van der Waals surface area contributed by atoms with Gasteiger partial charge in [0.1, 0.15) is 11.6 Å². The van der Waals surface area contributed by atoms with Gasteiger partial charge < -0.3 is 10.1 Å². The average molecular weight is 400 g/mol. The summed E-state index contributed by atoms with van der Waals surface area (Å²) in [6, 6.07) is 17.4. The number of ether oxygens (including phenoxy) is 1. The molecular weight excluding hydrogens is 383 g/mol. The summed E-state index contributed by atoms with van der Waals surface area (Å²) in [5.41, 5.74) is 1.09. The van der Waals surface area contributed by atoms with Crippen LogP contribution in [0, 0.1) is 5.82 Å².